The summed E-state index contributed by atoms with van der Waals surface area (Å²) in [6.45, 7) is 3.89. The normalized spacial score (nSPS) is 28.5. The molecule has 4 N–H and O–H groups in total. The van der Waals surface area contributed by atoms with E-state index in [1.54, 1.807) is 13.0 Å². The topological polar surface area (TPSA) is 93.2 Å². The fourth-order valence-corrected chi connectivity index (χ4v) is 4.39. The Morgan fingerprint density at radius 2 is 2.12 bits per heavy atom. The van der Waals surface area contributed by atoms with Crippen molar-refractivity contribution in [2.75, 3.05) is 5.32 Å². The molecule has 7 heteroatoms. The van der Waals surface area contributed by atoms with Gasteiger partial charge in [0.1, 0.15) is 5.76 Å². The molecule has 24 heavy (non-hydrogen) atoms. The molecule has 128 valence electrons. The number of nitrogens with two attached hydrogens (primary N) is 1. The average Bonchev–Trinajstić information content (AvgIpc) is 2.95. The third kappa shape index (κ3) is 3.11. The number of thiophene rings is 1. The minimum Gasteiger partial charge on any atom is -0.360 e. The van der Waals surface area contributed by atoms with Gasteiger partial charge in [0.2, 0.25) is 0 Å². The van der Waals surface area contributed by atoms with Crippen LogP contribution in [-0.4, -0.2) is 29.2 Å². The van der Waals surface area contributed by atoms with Crippen LogP contribution in [0.25, 0.3) is 0 Å². The molecule has 2 heterocycles. The Morgan fingerprint density at radius 1 is 1.33 bits per heavy atom. The first-order valence-corrected chi connectivity index (χ1v) is 9.18. The second-order valence-electron chi connectivity index (χ2n) is 6.94. The molecule has 0 aromatic carbocycles. The van der Waals surface area contributed by atoms with E-state index in [1.165, 1.54) is 21.8 Å². The Labute approximate surface area is 144 Å². The van der Waals surface area contributed by atoms with E-state index in [9.17, 15) is 4.79 Å². The Morgan fingerprint density at radius 3 is 2.79 bits per heavy atom. The Kier molecular flexibility index (Phi) is 3.94. The van der Waals surface area contributed by atoms with E-state index >= 15 is 0 Å². The van der Waals surface area contributed by atoms with Crippen molar-refractivity contribution in [3.8, 4) is 0 Å². The molecule has 2 saturated carbocycles. The van der Waals surface area contributed by atoms with Gasteiger partial charge in [-0.3, -0.25) is 4.79 Å². The number of anilines is 1. The first kappa shape index (κ1) is 15.8. The molecule has 2 aromatic rings. The number of nitrogens with one attached hydrogen (secondary N) is 2. The maximum atomic E-state index is 12.4. The standard InChI is InChI=1S/C17H22N4O2S/c1-8-3-16(21-23-8)20-17(22)15-7-12(9(2)24-15)13-6-14(13)19-11-4-10(18)5-11/h3,7,10-11,13-14,19H,4-6,18H2,1-2H3,(H,20,21,22). The summed E-state index contributed by atoms with van der Waals surface area (Å²) in [5.41, 5.74) is 7.14. The highest BCUT2D eigenvalue weighted by Gasteiger charge is 2.42. The van der Waals surface area contributed by atoms with Crippen LogP contribution in [0.2, 0.25) is 0 Å². The lowest BCUT2D eigenvalue weighted by Crippen LogP contribution is -2.49. The van der Waals surface area contributed by atoms with Gasteiger partial charge in [0.25, 0.3) is 5.91 Å². The highest BCUT2D eigenvalue weighted by Crippen LogP contribution is 2.45. The number of hydrogen-bond donors (Lipinski definition) is 3. The third-order valence-electron chi connectivity index (χ3n) is 4.86. The van der Waals surface area contributed by atoms with Crippen LogP contribution in [0, 0.1) is 13.8 Å². The third-order valence-corrected chi connectivity index (χ3v) is 5.93. The second-order valence-corrected chi connectivity index (χ2v) is 8.20. The van der Waals surface area contributed by atoms with Gasteiger partial charge in [-0.15, -0.1) is 11.3 Å². The van der Waals surface area contributed by atoms with Crippen molar-refractivity contribution in [2.45, 2.75) is 57.2 Å². The molecule has 2 aliphatic carbocycles. The fourth-order valence-electron chi connectivity index (χ4n) is 3.40. The zero-order valence-electron chi connectivity index (χ0n) is 13.8. The van der Waals surface area contributed by atoms with Gasteiger partial charge in [-0.05, 0) is 44.7 Å². The summed E-state index contributed by atoms with van der Waals surface area (Å²) in [5, 5.41) is 10.3. The summed E-state index contributed by atoms with van der Waals surface area (Å²) in [5.74, 6) is 1.53. The lowest BCUT2D eigenvalue weighted by molar-refractivity contribution is 0.102. The second kappa shape index (κ2) is 5.98. The quantitative estimate of drug-likeness (QED) is 0.773. The van der Waals surface area contributed by atoms with Crippen LogP contribution in [0.3, 0.4) is 0 Å². The summed E-state index contributed by atoms with van der Waals surface area (Å²) in [4.78, 5) is 14.3. The molecule has 6 nitrogen and oxygen atoms in total. The van der Waals surface area contributed by atoms with Gasteiger partial charge < -0.3 is 20.9 Å². The Bertz CT molecular complexity index is 762. The van der Waals surface area contributed by atoms with Gasteiger partial charge in [0, 0.05) is 35.0 Å². The van der Waals surface area contributed by atoms with Gasteiger partial charge >= 0.3 is 0 Å². The van der Waals surface area contributed by atoms with Crippen LogP contribution >= 0.6 is 11.3 Å². The van der Waals surface area contributed by atoms with E-state index in [2.05, 4.69) is 22.7 Å². The molecule has 2 unspecified atom stereocenters. The Hall–Kier alpha value is -1.70. The summed E-state index contributed by atoms with van der Waals surface area (Å²) in [6.07, 6.45) is 3.31. The van der Waals surface area contributed by atoms with Gasteiger partial charge in [-0.25, -0.2) is 0 Å². The largest absolute Gasteiger partial charge is 0.360 e. The van der Waals surface area contributed by atoms with Crippen molar-refractivity contribution in [2.24, 2.45) is 5.73 Å². The number of amides is 1. The van der Waals surface area contributed by atoms with Crippen LogP contribution < -0.4 is 16.4 Å². The minimum absolute atomic E-state index is 0.127. The zero-order chi connectivity index (χ0) is 16.8. The lowest BCUT2D eigenvalue weighted by atomic mass is 9.87. The van der Waals surface area contributed by atoms with Gasteiger partial charge in [0.05, 0.1) is 4.88 Å². The zero-order valence-corrected chi connectivity index (χ0v) is 14.7. The van der Waals surface area contributed by atoms with Crippen molar-refractivity contribution >= 4 is 23.1 Å². The molecule has 4 rings (SSSR count). The maximum absolute atomic E-state index is 12.4. The van der Waals surface area contributed by atoms with Crippen LogP contribution in [0.5, 0.6) is 0 Å². The minimum atomic E-state index is -0.127. The van der Waals surface area contributed by atoms with Gasteiger partial charge in [-0.2, -0.15) is 0 Å². The maximum Gasteiger partial charge on any atom is 0.266 e. The SMILES string of the molecule is Cc1cc(NC(=O)c2cc(C3CC3NC3CC(N)C3)c(C)s2)no1. The van der Waals surface area contributed by atoms with Crippen LogP contribution in [0.4, 0.5) is 5.82 Å². The summed E-state index contributed by atoms with van der Waals surface area (Å²) in [7, 11) is 0. The molecular formula is C17H22N4O2S. The molecule has 2 atom stereocenters. The summed E-state index contributed by atoms with van der Waals surface area (Å²) >= 11 is 1.54. The first-order valence-electron chi connectivity index (χ1n) is 8.36. The molecule has 2 fully saturated rings. The van der Waals surface area contributed by atoms with Crippen molar-refractivity contribution in [3.05, 3.63) is 33.2 Å². The fraction of sp³-hybridized carbons (Fsp3) is 0.529. The number of nitrogens with zero attached hydrogens (tertiary/aromatic N) is 1. The van der Waals surface area contributed by atoms with Gasteiger partial charge in [0.15, 0.2) is 5.82 Å². The molecular weight excluding hydrogens is 324 g/mol. The number of aromatic nitrogens is 1. The molecule has 0 bridgehead atoms. The molecule has 2 aromatic heterocycles. The average molecular weight is 346 g/mol. The molecule has 2 aliphatic rings. The van der Waals surface area contributed by atoms with E-state index in [4.69, 9.17) is 10.3 Å². The summed E-state index contributed by atoms with van der Waals surface area (Å²) < 4.78 is 4.97. The van der Waals surface area contributed by atoms with E-state index in [-0.39, 0.29) is 5.91 Å². The molecule has 0 aliphatic heterocycles. The number of carbonyl (C=O) groups is 1. The van der Waals surface area contributed by atoms with Crippen molar-refractivity contribution in [3.63, 3.8) is 0 Å². The van der Waals surface area contributed by atoms with Crippen molar-refractivity contribution in [1.82, 2.24) is 10.5 Å². The van der Waals surface area contributed by atoms with E-state index < -0.39 is 0 Å². The van der Waals surface area contributed by atoms with Gasteiger partial charge in [-0.1, -0.05) is 5.16 Å². The molecule has 0 saturated heterocycles. The van der Waals surface area contributed by atoms with Crippen molar-refractivity contribution < 1.29 is 9.32 Å². The summed E-state index contributed by atoms with van der Waals surface area (Å²) in [6, 6.07) is 5.22. The molecule has 1 amide bonds. The predicted molar refractivity (Wildman–Crippen MR) is 93.5 cm³/mol. The van der Waals surface area contributed by atoms with Crippen LogP contribution in [0.1, 0.15) is 51.1 Å². The van der Waals surface area contributed by atoms with E-state index in [0.717, 1.165) is 24.1 Å². The number of rotatable bonds is 5. The van der Waals surface area contributed by atoms with Crippen LogP contribution in [-0.2, 0) is 0 Å². The molecule has 0 spiro atoms. The Balaban J connectivity index is 1.38. The first-order chi connectivity index (χ1) is 11.5. The monoisotopic (exact) mass is 346 g/mol. The number of hydrogen-bond acceptors (Lipinski definition) is 6. The number of aryl methyl sites for hydroxylation is 2. The number of carbonyl (C=O) groups excluding carboxylic acids is 1. The smallest absolute Gasteiger partial charge is 0.266 e. The highest BCUT2D eigenvalue weighted by molar-refractivity contribution is 7.14. The van der Waals surface area contributed by atoms with Crippen LogP contribution in [0.15, 0.2) is 16.7 Å². The van der Waals surface area contributed by atoms with E-state index in [0.29, 0.717) is 35.6 Å². The van der Waals surface area contributed by atoms with E-state index in [1.807, 2.05) is 6.07 Å². The van der Waals surface area contributed by atoms with Crippen molar-refractivity contribution in [1.29, 1.82) is 0 Å². The highest BCUT2D eigenvalue weighted by atomic mass is 32.1. The predicted octanol–water partition coefficient (Wildman–Crippen LogP) is 2.54. The lowest BCUT2D eigenvalue weighted by Gasteiger charge is -2.33. The molecule has 0 radical (unpaired) electrons.